The first-order valence-electron chi connectivity index (χ1n) is 7.60. The molecule has 0 saturated carbocycles. The lowest BCUT2D eigenvalue weighted by Gasteiger charge is -2.27. The smallest absolute Gasteiger partial charge is 0.376 e. The monoisotopic (exact) mass is 336 g/mol. The van der Waals surface area contributed by atoms with Crippen molar-refractivity contribution in [2.75, 3.05) is 0 Å². The molecule has 2 aromatic carbocycles. The number of aliphatic hydroxyl groups is 1. The highest BCUT2D eigenvalue weighted by Gasteiger charge is 2.51. The summed E-state index contributed by atoms with van der Waals surface area (Å²) < 4.78 is 39.0. The highest BCUT2D eigenvalue weighted by atomic mass is 19.4. The van der Waals surface area contributed by atoms with E-state index >= 15 is 0 Å². The third kappa shape index (κ3) is 3.22. The zero-order valence-electron chi connectivity index (χ0n) is 13.7. The summed E-state index contributed by atoms with van der Waals surface area (Å²) in [6.45, 7) is 4.40. The molecule has 0 bridgehead atoms. The fraction of sp³-hybridized carbons (Fsp3) is 0.316. The van der Waals surface area contributed by atoms with Gasteiger partial charge in [0.2, 0.25) is 0 Å². The van der Waals surface area contributed by atoms with E-state index < -0.39 is 11.8 Å². The predicted octanol–water partition coefficient (Wildman–Crippen LogP) is 4.81. The summed E-state index contributed by atoms with van der Waals surface area (Å²) in [6, 6.07) is 9.49. The molecule has 2 nitrogen and oxygen atoms in total. The Hall–Kier alpha value is -2.14. The van der Waals surface area contributed by atoms with Gasteiger partial charge in [0.25, 0.3) is 0 Å². The molecule has 2 rings (SSSR count). The lowest BCUT2D eigenvalue weighted by atomic mass is 9.88. The van der Waals surface area contributed by atoms with Crippen molar-refractivity contribution in [3.8, 4) is 11.1 Å². The Morgan fingerprint density at radius 3 is 2.21 bits per heavy atom. The molecule has 0 spiro atoms. The van der Waals surface area contributed by atoms with Crippen molar-refractivity contribution in [2.24, 2.45) is 0 Å². The first-order valence-corrected chi connectivity index (χ1v) is 7.60. The number of aryl methyl sites for hydroxylation is 2. The second kappa shape index (κ2) is 6.40. The van der Waals surface area contributed by atoms with Gasteiger partial charge in [-0.05, 0) is 54.2 Å². The van der Waals surface area contributed by atoms with Gasteiger partial charge < -0.3 is 5.11 Å². The molecule has 0 radical (unpaired) electrons. The quantitative estimate of drug-likeness (QED) is 0.814. The van der Waals surface area contributed by atoms with Gasteiger partial charge >= 0.3 is 6.18 Å². The van der Waals surface area contributed by atoms with Crippen molar-refractivity contribution < 1.29 is 23.1 Å². The molecule has 0 saturated heterocycles. The summed E-state index contributed by atoms with van der Waals surface area (Å²) in [5.41, 5.74) is 0.697. The van der Waals surface area contributed by atoms with E-state index in [0.717, 1.165) is 29.9 Å². The van der Waals surface area contributed by atoms with E-state index in [0.29, 0.717) is 17.5 Å². The van der Waals surface area contributed by atoms with Gasteiger partial charge in [0.15, 0.2) is 5.60 Å². The van der Waals surface area contributed by atoms with Crippen LogP contribution in [-0.4, -0.2) is 17.6 Å². The van der Waals surface area contributed by atoms with Gasteiger partial charge in [0, 0.05) is 5.56 Å². The van der Waals surface area contributed by atoms with Crippen molar-refractivity contribution in [1.29, 1.82) is 0 Å². The molecule has 2 aromatic rings. The molecule has 0 aliphatic rings. The standard InChI is InChI=1S/C19H19F3O2/c1-4-14-10-13(11-23)5-7-17(14)16-8-6-15(9-12(16)2)18(3,24)19(20,21)22/h5-11,24H,4H2,1-3H3. The van der Waals surface area contributed by atoms with Crippen molar-refractivity contribution in [3.05, 3.63) is 58.7 Å². The molecule has 1 atom stereocenters. The van der Waals surface area contributed by atoms with Crippen LogP contribution in [0.4, 0.5) is 13.2 Å². The summed E-state index contributed by atoms with van der Waals surface area (Å²) in [6.07, 6.45) is -3.29. The minimum absolute atomic E-state index is 0.196. The lowest BCUT2D eigenvalue weighted by Crippen LogP contribution is -2.39. The molecule has 1 N–H and O–H groups in total. The molecule has 0 aliphatic carbocycles. The molecule has 0 aliphatic heterocycles. The first-order chi connectivity index (χ1) is 11.1. The van der Waals surface area contributed by atoms with Crippen LogP contribution in [0.2, 0.25) is 0 Å². The molecule has 0 amide bonds. The molecule has 128 valence electrons. The van der Waals surface area contributed by atoms with E-state index in [9.17, 15) is 23.1 Å². The van der Waals surface area contributed by atoms with Crippen molar-refractivity contribution in [2.45, 2.75) is 39.0 Å². The minimum atomic E-state index is -4.75. The topological polar surface area (TPSA) is 37.3 Å². The van der Waals surface area contributed by atoms with Crippen LogP contribution in [0.25, 0.3) is 11.1 Å². The Bertz CT molecular complexity index is 762. The largest absolute Gasteiger partial charge is 0.421 e. The van der Waals surface area contributed by atoms with Gasteiger partial charge in [-0.25, -0.2) is 0 Å². The van der Waals surface area contributed by atoms with Crippen LogP contribution in [0.3, 0.4) is 0 Å². The molecule has 0 fully saturated rings. The number of halogens is 3. The van der Waals surface area contributed by atoms with E-state index in [1.54, 1.807) is 31.2 Å². The third-order valence-corrected chi connectivity index (χ3v) is 4.28. The number of carbonyl (C=O) groups is 1. The van der Waals surface area contributed by atoms with E-state index in [1.807, 2.05) is 6.92 Å². The number of alkyl halides is 3. The van der Waals surface area contributed by atoms with Gasteiger partial charge in [0.1, 0.15) is 6.29 Å². The maximum absolute atomic E-state index is 13.0. The summed E-state index contributed by atoms with van der Waals surface area (Å²) in [4.78, 5) is 10.9. The van der Waals surface area contributed by atoms with Gasteiger partial charge in [-0.2, -0.15) is 13.2 Å². The average molecular weight is 336 g/mol. The Labute approximate surface area is 138 Å². The van der Waals surface area contributed by atoms with Gasteiger partial charge in [0.05, 0.1) is 0 Å². The molecule has 24 heavy (non-hydrogen) atoms. The van der Waals surface area contributed by atoms with Crippen LogP contribution in [0.5, 0.6) is 0 Å². The molecule has 1 unspecified atom stereocenters. The normalized spacial score (nSPS) is 14.3. The van der Waals surface area contributed by atoms with E-state index in [1.165, 1.54) is 12.1 Å². The summed E-state index contributed by atoms with van der Waals surface area (Å²) in [5.74, 6) is 0. The molecular weight excluding hydrogens is 317 g/mol. The highest BCUT2D eigenvalue weighted by molar-refractivity contribution is 5.79. The number of benzene rings is 2. The number of rotatable bonds is 4. The first kappa shape index (κ1) is 18.2. The number of aldehydes is 1. The second-order valence-corrected chi connectivity index (χ2v) is 5.99. The zero-order valence-corrected chi connectivity index (χ0v) is 13.7. The summed E-state index contributed by atoms with van der Waals surface area (Å²) in [7, 11) is 0. The molecule has 5 heteroatoms. The van der Waals surface area contributed by atoms with Crippen LogP contribution >= 0.6 is 0 Å². The number of hydrogen-bond donors (Lipinski definition) is 1. The van der Waals surface area contributed by atoms with Gasteiger partial charge in [-0.1, -0.05) is 37.3 Å². The molecule has 0 heterocycles. The Morgan fingerprint density at radius 2 is 1.71 bits per heavy atom. The van der Waals surface area contributed by atoms with Crippen LogP contribution in [0, 0.1) is 6.92 Å². The summed E-state index contributed by atoms with van der Waals surface area (Å²) >= 11 is 0. The highest BCUT2D eigenvalue weighted by Crippen LogP contribution is 2.40. The van der Waals surface area contributed by atoms with Crippen LogP contribution in [0.1, 0.15) is 40.9 Å². The lowest BCUT2D eigenvalue weighted by molar-refractivity contribution is -0.258. The van der Waals surface area contributed by atoms with E-state index in [4.69, 9.17) is 0 Å². The predicted molar refractivity (Wildman–Crippen MR) is 87.0 cm³/mol. The Balaban J connectivity index is 2.54. The molecule has 0 aromatic heterocycles. The van der Waals surface area contributed by atoms with E-state index in [-0.39, 0.29) is 5.56 Å². The second-order valence-electron chi connectivity index (χ2n) is 5.99. The Morgan fingerprint density at radius 1 is 1.08 bits per heavy atom. The van der Waals surface area contributed by atoms with Crippen molar-refractivity contribution in [1.82, 2.24) is 0 Å². The number of carbonyl (C=O) groups excluding carboxylic acids is 1. The van der Waals surface area contributed by atoms with Crippen LogP contribution in [0.15, 0.2) is 36.4 Å². The van der Waals surface area contributed by atoms with Crippen LogP contribution in [-0.2, 0) is 12.0 Å². The zero-order chi connectivity index (χ0) is 18.1. The Kier molecular flexibility index (Phi) is 4.85. The summed E-state index contributed by atoms with van der Waals surface area (Å²) in [5, 5.41) is 9.81. The minimum Gasteiger partial charge on any atom is -0.376 e. The average Bonchev–Trinajstić information content (AvgIpc) is 2.53. The van der Waals surface area contributed by atoms with Crippen LogP contribution < -0.4 is 0 Å². The fourth-order valence-electron chi connectivity index (χ4n) is 2.67. The maximum atomic E-state index is 13.0. The SMILES string of the molecule is CCc1cc(C=O)ccc1-c1ccc(C(C)(O)C(F)(F)F)cc1C. The van der Waals surface area contributed by atoms with Crippen molar-refractivity contribution >= 4 is 6.29 Å². The maximum Gasteiger partial charge on any atom is 0.421 e. The van der Waals surface area contributed by atoms with Crippen molar-refractivity contribution in [3.63, 3.8) is 0 Å². The molecular formula is C19H19F3O2. The van der Waals surface area contributed by atoms with E-state index in [2.05, 4.69) is 0 Å². The third-order valence-electron chi connectivity index (χ3n) is 4.28. The fourth-order valence-corrected chi connectivity index (χ4v) is 2.67. The number of hydrogen-bond acceptors (Lipinski definition) is 2. The van der Waals surface area contributed by atoms with Gasteiger partial charge in [-0.15, -0.1) is 0 Å². The van der Waals surface area contributed by atoms with Gasteiger partial charge in [-0.3, -0.25) is 4.79 Å².